The van der Waals surface area contributed by atoms with Crippen LogP contribution in [0.5, 0.6) is 0 Å². The number of hydrogen-bond donors (Lipinski definition) is 0. The molecule has 0 unspecified atom stereocenters. The first-order valence-corrected chi connectivity index (χ1v) is 16.1. The van der Waals surface area contributed by atoms with Crippen molar-refractivity contribution in [1.82, 2.24) is 0 Å². The average Bonchev–Trinajstić information content (AvgIpc) is 3.16. The van der Waals surface area contributed by atoms with Gasteiger partial charge >= 0.3 is 0 Å². The van der Waals surface area contributed by atoms with Gasteiger partial charge in [0.05, 0.1) is 5.69 Å². The lowest BCUT2D eigenvalue weighted by molar-refractivity contribution is 1.29. The van der Waals surface area contributed by atoms with Gasteiger partial charge in [0, 0.05) is 16.9 Å². The van der Waals surface area contributed by atoms with Gasteiger partial charge in [0.25, 0.3) is 0 Å². The maximum absolute atomic E-state index is 2.42. The maximum Gasteiger partial charge on any atom is 0.0552 e. The molecule has 0 saturated heterocycles. The molecule has 0 amide bonds. The van der Waals surface area contributed by atoms with Crippen LogP contribution in [-0.4, -0.2) is 0 Å². The van der Waals surface area contributed by atoms with Crippen molar-refractivity contribution < 1.29 is 0 Å². The minimum absolute atomic E-state index is 1.10. The summed E-state index contributed by atoms with van der Waals surface area (Å²) in [5.74, 6) is 0. The van der Waals surface area contributed by atoms with Gasteiger partial charge in [0.1, 0.15) is 0 Å². The number of hydrogen-bond acceptors (Lipinski definition) is 1. The predicted octanol–water partition coefficient (Wildman–Crippen LogP) is 13.0. The Balaban J connectivity index is 1.40. The monoisotopic (exact) mass is 599 g/mol. The van der Waals surface area contributed by atoms with Crippen molar-refractivity contribution in [3.05, 3.63) is 200 Å². The molecule has 0 aliphatic carbocycles. The highest BCUT2D eigenvalue weighted by atomic mass is 15.1. The third-order valence-corrected chi connectivity index (χ3v) is 8.86. The topological polar surface area (TPSA) is 3.24 Å². The molecule has 0 bridgehead atoms. The Kier molecular flexibility index (Phi) is 7.63. The molecule has 1 heteroatoms. The second-order valence-corrected chi connectivity index (χ2v) is 11.8. The number of anilines is 3. The fourth-order valence-corrected chi connectivity index (χ4v) is 6.61. The molecule has 0 fully saturated rings. The summed E-state index contributed by atoms with van der Waals surface area (Å²) in [7, 11) is 0. The highest BCUT2D eigenvalue weighted by molar-refractivity contribution is 6.10. The van der Waals surface area contributed by atoms with Crippen molar-refractivity contribution in [1.29, 1.82) is 0 Å². The average molecular weight is 600 g/mol. The van der Waals surface area contributed by atoms with Crippen molar-refractivity contribution in [2.45, 2.75) is 0 Å². The zero-order valence-electron chi connectivity index (χ0n) is 26.0. The maximum atomic E-state index is 2.42. The molecule has 0 aliphatic heterocycles. The van der Waals surface area contributed by atoms with Crippen LogP contribution in [0.4, 0.5) is 17.1 Å². The second-order valence-electron chi connectivity index (χ2n) is 11.8. The van der Waals surface area contributed by atoms with Gasteiger partial charge < -0.3 is 4.90 Å². The number of benzene rings is 8. The van der Waals surface area contributed by atoms with Crippen LogP contribution >= 0.6 is 0 Å². The van der Waals surface area contributed by atoms with Gasteiger partial charge in [-0.2, -0.15) is 0 Å². The highest BCUT2D eigenvalue weighted by Gasteiger charge is 2.23. The molecule has 0 aliphatic rings. The second kappa shape index (κ2) is 12.7. The van der Waals surface area contributed by atoms with E-state index in [0.29, 0.717) is 0 Å². The van der Waals surface area contributed by atoms with Gasteiger partial charge in [-0.3, -0.25) is 0 Å². The molecule has 0 radical (unpaired) electrons. The number of fused-ring (bicyclic) bond motifs is 1. The van der Waals surface area contributed by atoms with Crippen LogP contribution in [0.25, 0.3) is 55.3 Å². The van der Waals surface area contributed by atoms with E-state index in [0.717, 1.165) is 17.1 Å². The van der Waals surface area contributed by atoms with Crippen LogP contribution < -0.4 is 4.90 Å². The van der Waals surface area contributed by atoms with Crippen molar-refractivity contribution in [3.8, 4) is 44.5 Å². The molecule has 0 atom stereocenters. The van der Waals surface area contributed by atoms with Gasteiger partial charge in [-0.1, -0.05) is 170 Å². The van der Waals surface area contributed by atoms with Crippen LogP contribution in [0.3, 0.4) is 0 Å². The smallest absolute Gasteiger partial charge is 0.0552 e. The minimum atomic E-state index is 1.10. The van der Waals surface area contributed by atoms with Gasteiger partial charge in [-0.15, -0.1) is 0 Å². The summed E-state index contributed by atoms with van der Waals surface area (Å²) in [6.45, 7) is 0. The summed E-state index contributed by atoms with van der Waals surface area (Å²) >= 11 is 0. The predicted molar refractivity (Wildman–Crippen MR) is 200 cm³/mol. The number of rotatable bonds is 7. The molecule has 8 rings (SSSR count). The number of nitrogens with zero attached hydrogens (tertiary/aromatic N) is 1. The van der Waals surface area contributed by atoms with Crippen LogP contribution in [0.2, 0.25) is 0 Å². The van der Waals surface area contributed by atoms with Crippen molar-refractivity contribution in [3.63, 3.8) is 0 Å². The van der Waals surface area contributed by atoms with Gasteiger partial charge in [0.15, 0.2) is 0 Å². The van der Waals surface area contributed by atoms with Crippen LogP contribution in [-0.2, 0) is 0 Å². The first kappa shape index (κ1) is 28.3. The molecule has 8 aromatic carbocycles. The van der Waals surface area contributed by atoms with E-state index in [1.807, 2.05) is 0 Å². The molecular formula is C46H33N. The Morgan fingerprint density at radius 2 is 0.638 bits per heavy atom. The highest BCUT2D eigenvalue weighted by Crippen LogP contribution is 2.49. The molecule has 47 heavy (non-hydrogen) atoms. The summed E-state index contributed by atoms with van der Waals surface area (Å²) in [5.41, 5.74) is 13.0. The molecule has 8 aromatic rings. The Morgan fingerprint density at radius 3 is 1.11 bits per heavy atom. The Labute approximate surface area is 276 Å². The van der Waals surface area contributed by atoms with E-state index in [4.69, 9.17) is 0 Å². The molecule has 0 N–H and O–H groups in total. The van der Waals surface area contributed by atoms with Gasteiger partial charge in [-0.05, 0) is 80.0 Å². The normalized spacial score (nSPS) is 11.0. The summed E-state index contributed by atoms with van der Waals surface area (Å²) in [6.07, 6.45) is 0. The van der Waals surface area contributed by atoms with E-state index in [1.165, 1.54) is 55.3 Å². The Bertz CT molecular complexity index is 2160. The summed E-state index contributed by atoms with van der Waals surface area (Å²) in [4.78, 5) is 2.42. The largest absolute Gasteiger partial charge is 0.310 e. The molecule has 0 spiro atoms. The third kappa shape index (κ3) is 5.60. The summed E-state index contributed by atoms with van der Waals surface area (Å²) in [6, 6.07) is 71.9. The van der Waals surface area contributed by atoms with Gasteiger partial charge in [0.2, 0.25) is 0 Å². The minimum Gasteiger partial charge on any atom is -0.310 e. The fraction of sp³-hybridized carbons (Fsp3) is 0. The fourth-order valence-electron chi connectivity index (χ4n) is 6.61. The first-order chi connectivity index (χ1) is 23.3. The summed E-state index contributed by atoms with van der Waals surface area (Å²) < 4.78 is 0. The van der Waals surface area contributed by atoms with Crippen molar-refractivity contribution in [2.24, 2.45) is 0 Å². The van der Waals surface area contributed by atoms with E-state index in [1.54, 1.807) is 0 Å². The molecule has 0 heterocycles. The van der Waals surface area contributed by atoms with Crippen LogP contribution in [0, 0.1) is 0 Å². The van der Waals surface area contributed by atoms with E-state index >= 15 is 0 Å². The van der Waals surface area contributed by atoms with Crippen LogP contribution in [0.1, 0.15) is 0 Å². The van der Waals surface area contributed by atoms with E-state index in [2.05, 4.69) is 205 Å². The standard InChI is InChI=1S/C46H33N/c1-5-15-34(16-6-1)36-25-29-41(30-26-36)47(42-31-27-37(28-32-42)35-17-7-2-8-18-35)44-33-40-23-13-14-24-43(40)45(38-19-9-3-10-20-38)46(44)39-21-11-4-12-22-39/h1-33H. The molecular weight excluding hydrogens is 567 g/mol. The zero-order chi connectivity index (χ0) is 31.4. The SMILES string of the molecule is c1ccc(-c2ccc(N(c3ccc(-c4ccccc4)cc3)c3cc4ccccc4c(-c4ccccc4)c3-c3ccccc3)cc2)cc1. The van der Waals surface area contributed by atoms with Crippen LogP contribution in [0.15, 0.2) is 200 Å². The molecule has 222 valence electrons. The lowest BCUT2D eigenvalue weighted by Gasteiger charge is -2.30. The van der Waals surface area contributed by atoms with Gasteiger partial charge in [-0.25, -0.2) is 0 Å². The van der Waals surface area contributed by atoms with Crippen molar-refractivity contribution in [2.75, 3.05) is 4.90 Å². The van der Waals surface area contributed by atoms with E-state index in [9.17, 15) is 0 Å². The lowest BCUT2D eigenvalue weighted by atomic mass is 9.87. The Morgan fingerprint density at radius 1 is 0.277 bits per heavy atom. The zero-order valence-corrected chi connectivity index (χ0v) is 26.0. The molecule has 0 saturated carbocycles. The Hall–Kier alpha value is -6.18. The first-order valence-electron chi connectivity index (χ1n) is 16.1. The van der Waals surface area contributed by atoms with Crippen molar-refractivity contribution >= 4 is 27.8 Å². The van der Waals surface area contributed by atoms with E-state index < -0.39 is 0 Å². The summed E-state index contributed by atoms with van der Waals surface area (Å²) in [5, 5.41) is 2.44. The molecule has 1 nitrogen and oxygen atoms in total. The lowest BCUT2D eigenvalue weighted by Crippen LogP contribution is -2.12. The molecule has 0 aromatic heterocycles. The quantitative estimate of drug-likeness (QED) is 0.176. The third-order valence-electron chi connectivity index (χ3n) is 8.86. The van der Waals surface area contributed by atoms with E-state index in [-0.39, 0.29) is 0 Å².